The molecule has 2 aromatic carbocycles. The lowest BCUT2D eigenvalue weighted by Crippen LogP contribution is -2.38. The van der Waals surface area contributed by atoms with Gasteiger partial charge in [0.25, 0.3) is 5.91 Å². The highest BCUT2D eigenvalue weighted by Gasteiger charge is 2.39. The number of hydrogen-bond donors (Lipinski definition) is 1. The summed E-state index contributed by atoms with van der Waals surface area (Å²) >= 11 is 0. The maximum atomic E-state index is 12.4. The molecule has 1 N–H and O–H groups in total. The van der Waals surface area contributed by atoms with E-state index in [9.17, 15) is 14.7 Å². The molecular weight excluding hydrogens is 328 g/mol. The maximum Gasteiger partial charge on any atom is 0.414 e. The molecule has 5 heteroatoms. The Balaban J connectivity index is 1.79. The minimum atomic E-state index is -1.19. The first-order valence-electron chi connectivity index (χ1n) is 8.53. The normalized spacial score (nSPS) is 18.4. The van der Waals surface area contributed by atoms with Gasteiger partial charge in [0.1, 0.15) is 0 Å². The van der Waals surface area contributed by atoms with E-state index in [1.54, 1.807) is 11.1 Å². The molecular formula is C21H22N2O3. The van der Waals surface area contributed by atoms with Crippen molar-refractivity contribution in [1.82, 2.24) is 9.80 Å². The van der Waals surface area contributed by atoms with E-state index < -0.39 is 12.0 Å². The average molecular weight is 350 g/mol. The molecule has 0 bridgehead atoms. The molecule has 0 radical (unpaired) electrons. The van der Waals surface area contributed by atoms with Gasteiger partial charge in [-0.2, -0.15) is 0 Å². The number of rotatable bonds is 4. The minimum absolute atomic E-state index is 0.367. The zero-order valence-corrected chi connectivity index (χ0v) is 14.9. The highest BCUT2D eigenvalue weighted by Crippen LogP contribution is 2.28. The Bertz CT molecular complexity index is 826. The number of benzene rings is 2. The van der Waals surface area contributed by atoms with E-state index in [1.807, 2.05) is 56.6 Å². The summed E-state index contributed by atoms with van der Waals surface area (Å²) < 4.78 is 0. The maximum absolute atomic E-state index is 12.4. The Morgan fingerprint density at radius 3 is 2.31 bits per heavy atom. The van der Waals surface area contributed by atoms with Crippen LogP contribution in [0.4, 0.5) is 4.79 Å². The van der Waals surface area contributed by atoms with Crippen molar-refractivity contribution in [2.45, 2.75) is 18.9 Å². The summed E-state index contributed by atoms with van der Waals surface area (Å²) in [7, 11) is 3.64. The number of carbonyl (C=O) groups excluding carboxylic acids is 1. The van der Waals surface area contributed by atoms with Crippen LogP contribution in [0.3, 0.4) is 0 Å². The van der Waals surface area contributed by atoms with Gasteiger partial charge >= 0.3 is 6.09 Å². The molecule has 0 saturated carbocycles. The predicted molar refractivity (Wildman–Crippen MR) is 101 cm³/mol. The molecule has 0 aromatic heterocycles. The van der Waals surface area contributed by atoms with Crippen molar-refractivity contribution in [2.24, 2.45) is 0 Å². The summed E-state index contributed by atoms with van der Waals surface area (Å²) in [5.41, 5.74) is 3.79. The predicted octanol–water partition coefficient (Wildman–Crippen LogP) is 3.62. The van der Waals surface area contributed by atoms with Crippen molar-refractivity contribution in [3.63, 3.8) is 0 Å². The Morgan fingerprint density at radius 2 is 1.73 bits per heavy atom. The van der Waals surface area contributed by atoms with Gasteiger partial charge in [-0.1, -0.05) is 54.6 Å². The summed E-state index contributed by atoms with van der Waals surface area (Å²) in [5, 5.41) is 9.44. The molecule has 26 heavy (non-hydrogen) atoms. The van der Waals surface area contributed by atoms with Crippen LogP contribution in [-0.4, -0.2) is 47.0 Å². The van der Waals surface area contributed by atoms with Gasteiger partial charge in [0.2, 0.25) is 0 Å². The van der Waals surface area contributed by atoms with Crippen molar-refractivity contribution in [2.75, 3.05) is 14.1 Å². The van der Waals surface area contributed by atoms with Crippen molar-refractivity contribution in [1.29, 1.82) is 0 Å². The fraction of sp³-hybridized carbons (Fsp3) is 0.238. The van der Waals surface area contributed by atoms with E-state index in [0.29, 0.717) is 18.4 Å². The molecule has 2 aromatic rings. The van der Waals surface area contributed by atoms with Gasteiger partial charge < -0.3 is 10.0 Å². The third-order valence-corrected chi connectivity index (χ3v) is 4.47. The van der Waals surface area contributed by atoms with Gasteiger partial charge in [0.05, 0.1) is 6.04 Å². The van der Waals surface area contributed by atoms with E-state index in [1.165, 1.54) is 0 Å². The molecule has 1 saturated heterocycles. The highest BCUT2D eigenvalue weighted by atomic mass is 16.4. The largest absolute Gasteiger partial charge is 0.465 e. The quantitative estimate of drug-likeness (QED) is 0.856. The number of carbonyl (C=O) groups is 2. The first kappa shape index (κ1) is 17.7. The van der Waals surface area contributed by atoms with Crippen LogP contribution in [0.1, 0.15) is 12.0 Å². The minimum Gasteiger partial charge on any atom is -0.465 e. The van der Waals surface area contributed by atoms with E-state index in [0.717, 1.165) is 21.6 Å². The molecule has 5 nitrogen and oxygen atoms in total. The van der Waals surface area contributed by atoms with Crippen molar-refractivity contribution < 1.29 is 14.7 Å². The SMILES string of the molecule is CN(C)/C=C1/C[C@@H](Cc2ccc(-c3ccccc3)cc2)N(C(=O)O)C1=O. The van der Waals surface area contributed by atoms with Gasteiger partial charge in [-0.15, -0.1) is 0 Å². The summed E-state index contributed by atoms with van der Waals surface area (Å²) in [6, 6.07) is 17.8. The second kappa shape index (κ2) is 7.44. The van der Waals surface area contributed by atoms with Crippen LogP contribution in [0, 0.1) is 0 Å². The van der Waals surface area contributed by atoms with E-state index >= 15 is 0 Å². The number of carboxylic acid groups (broad SMARTS) is 1. The van der Waals surface area contributed by atoms with Gasteiger partial charge in [-0.25, -0.2) is 9.69 Å². The summed E-state index contributed by atoms with van der Waals surface area (Å²) in [4.78, 5) is 26.6. The summed E-state index contributed by atoms with van der Waals surface area (Å²) in [5.74, 6) is -0.419. The number of likely N-dealkylation sites (tertiary alicyclic amines) is 1. The molecule has 0 aliphatic carbocycles. The van der Waals surface area contributed by atoms with Gasteiger partial charge in [-0.3, -0.25) is 4.79 Å². The monoisotopic (exact) mass is 350 g/mol. The van der Waals surface area contributed by atoms with Crippen LogP contribution < -0.4 is 0 Å². The smallest absolute Gasteiger partial charge is 0.414 e. The van der Waals surface area contributed by atoms with Crippen molar-refractivity contribution in [3.05, 3.63) is 71.9 Å². The second-order valence-corrected chi connectivity index (χ2v) is 6.70. The van der Waals surface area contributed by atoms with Crippen LogP contribution >= 0.6 is 0 Å². The molecule has 1 heterocycles. The molecule has 2 amide bonds. The van der Waals surface area contributed by atoms with Crippen molar-refractivity contribution in [3.8, 4) is 11.1 Å². The zero-order chi connectivity index (χ0) is 18.7. The zero-order valence-electron chi connectivity index (χ0n) is 14.9. The van der Waals surface area contributed by atoms with E-state index in [4.69, 9.17) is 0 Å². The Hall–Kier alpha value is -3.08. The molecule has 1 aliphatic rings. The van der Waals surface area contributed by atoms with Gasteiger partial charge in [0.15, 0.2) is 0 Å². The van der Waals surface area contributed by atoms with Gasteiger partial charge in [-0.05, 0) is 23.1 Å². The highest BCUT2D eigenvalue weighted by molar-refractivity contribution is 6.04. The van der Waals surface area contributed by atoms with Gasteiger partial charge in [0, 0.05) is 32.3 Å². The fourth-order valence-corrected chi connectivity index (χ4v) is 3.32. The lowest BCUT2D eigenvalue weighted by molar-refractivity contribution is -0.124. The third kappa shape index (κ3) is 3.77. The van der Waals surface area contributed by atoms with Crippen LogP contribution in [0.5, 0.6) is 0 Å². The molecule has 0 spiro atoms. The van der Waals surface area contributed by atoms with Crippen LogP contribution in [0.15, 0.2) is 66.4 Å². The second-order valence-electron chi connectivity index (χ2n) is 6.70. The lowest BCUT2D eigenvalue weighted by atomic mass is 9.99. The van der Waals surface area contributed by atoms with Crippen LogP contribution in [0.2, 0.25) is 0 Å². The summed E-state index contributed by atoms with van der Waals surface area (Å²) in [6.45, 7) is 0. The van der Waals surface area contributed by atoms with E-state index in [2.05, 4.69) is 12.1 Å². The lowest BCUT2D eigenvalue weighted by Gasteiger charge is -2.19. The Labute approximate surface area is 153 Å². The molecule has 0 unspecified atom stereocenters. The topological polar surface area (TPSA) is 60.9 Å². The number of imide groups is 1. The van der Waals surface area contributed by atoms with Crippen LogP contribution in [-0.2, 0) is 11.2 Å². The fourth-order valence-electron chi connectivity index (χ4n) is 3.32. The number of amides is 2. The third-order valence-electron chi connectivity index (χ3n) is 4.47. The Morgan fingerprint density at radius 1 is 1.12 bits per heavy atom. The van der Waals surface area contributed by atoms with Crippen LogP contribution in [0.25, 0.3) is 11.1 Å². The Kier molecular flexibility index (Phi) is 5.07. The molecule has 134 valence electrons. The average Bonchev–Trinajstić information content (AvgIpc) is 2.91. The molecule has 1 fully saturated rings. The summed E-state index contributed by atoms with van der Waals surface area (Å²) in [6.07, 6.45) is 1.46. The standard InChI is InChI=1S/C21H22N2O3/c1-22(2)14-18-13-19(23(20(18)24)21(25)26)12-15-8-10-17(11-9-15)16-6-4-3-5-7-16/h3-11,14,19H,12-13H2,1-2H3,(H,25,26)/b18-14-/t19-/m1/s1. The van der Waals surface area contributed by atoms with Crippen molar-refractivity contribution >= 4 is 12.0 Å². The number of hydrogen-bond acceptors (Lipinski definition) is 3. The first-order valence-corrected chi connectivity index (χ1v) is 8.53. The number of nitrogens with zero attached hydrogens (tertiary/aromatic N) is 2. The molecule has 3 rings (SSSR count). The molecule has 1 aliphatic heterocycles. The van der Waals surface area contributed by atoms with E-state index in [-0.39, 0.29) is 6.04 Å². The molecule has 1 atom stereocenters. The first-order chi connectivity index (χ1) is 12.5.